The summed E-state index contributed by atoms with van der Waals surface area (Å²) in [4.78, 5) is 0.382. The highest BCUT2D eigenvalue weighted by atomic mass is 32.2. The van der Waals surface area contributed by atoms with Crippen LogP contribution in [0.25, 0.3) is 0 Å². The van der Waals surface area contributed by atoms with E-state index < -0.39 is 10.0 Å². The van der Waals surface area contributed by atoms with Crippen molar-refractivity contribution in [2.45, 2.75) is 44.3 Å². The minimum atomic E-state index is -3.37. The molecule has 1 fully saturated rings. The molecule has 5 heteroatoms. The molecule has 0 spiro atoms. The number of hydrogen-bond donors (Lipinski definition) is 2. The molecule has 0 radical (unpaired) electrons. The summed E-state index contributed by atoms with van der Waals surface area (Å²) in [6, 6.07) is 5.47. The summed E-state index contributed by atoms with van der Waals surface area (Å²) >= 11 is 0. The van der Waals surface area contributed by atoms with Gasteiger partial charge < -0.3 is 5.32 Å². The van der Waals surface area contributed by atoms with Gasteiger partial charge in [-0.25, -0.2) is 13.1 Å². The molecule has 3 rings (SSSR count). The Kier molecular flexibility index (Phi) is 2.56. The number of fused-ring (bicyclic) bond motifs is 1. The number of rotatable bonds is 3. The normalized spacial score (nSPS) is 24.9. The SMILES string of the molecule is CC1(C)CC1NS(=O)(=O)c1ccc2c(c1)CNC2. The Hall–Kier alpha value is -0.910. The van der Waals surface area contributed by atoms with Crippen molar-refractivity contribution in [1.82, 2.24) is 10.0 Å². The average Bonchev–Trinajstić information content (AvgIpc) is 2.74. The molecule has 4 nitrogen and oxygen atoms in total. The smallest absolute Gasteiger partial charge is 0.240 e. The van der Waals surface area contributed by atoms with Gasteiger partial charge in [0.15, 0.2) is 0 Å². The lowest BCUT2D eigenvalue weighted by Gasteiger charge is -2.09. The number of sulfonamides is 1. The van der Waals surface area contributed by atoms with Gasteiger partial charge in [-0.05, 0) is 35.1 Å². The fraction of sp³-hybridized carbons (Fsp3) is 0.538. The number of nitrogens with one attached hydrogen (secondary N) is 2. The van der Waals surface area contributed by atoms with Crippen molar-refractivity contribution in [1.29, 1.82) is 0 Å². The van der Waals surface area contributed by atoms with Crippen LogP contribution in [0.5, 0.6) is 0 Å². The van der Waals surface area contributed by atoms with Crippen molar-refractivity contribution < 1.29 is 8.42 Å². The molecule has 1 aliphatic heterocycles. The van der Waals surface area contributed by atoms with Crippen molar-refractivity contribution in [2.24, 2.45) is 5.41 Å². The van der Waals surface area contributed by atoms with Crippen molar-refractivity contribution in [3.63, 3.8) is 0 Å². The number of hydrogen-bond acceptors (Lipinski definition) is 3. The Labute approximate surface area is 108 Å². The second-order valence-electron chi connectivity index (χ2n) is 5.90. The molecule has 0 amide bonds. The Morgan fingerprint density at radius 2 is 1.94 bits per heavy atom. The van der Waals surface area contributed by atoms with Gasteiger partial charge in [-0.3, -0.25) is 0 Å². The second kappa shape index (κ2) is 3.79. The minimum absolute atomic E-state index is 0.0777. The van der Waals surface area contributed by atoms with E-state index in [-0.39, 0.29) is 11.5 Å². The first-order chi connectivity index (χ1) is 8.38. The second-order valence-corrected chi connectivity index (χ2v) is 7.61. The van der Waals surface area contributed by atoms with Gasteiger partial charge in [-0.1, -0.05) is 19.9 Å². The van der Waals surface area contributed by atoms with Gasteiger partial charge in [0.25, 0.3) is 0 Å². The summed E-state index contributed by atoms with van der Waals surface area (Å²) in [6.07, 6.45) is 0.915. The summed E-state index contributed by atoms with van der Waals surface area (Å²) in [7, 11) is -3.37. The maximum Gasteiger partial charge on any atom is 0.240 e. The molecule has 0 aromatic heterocycles. The maximum atomic E-state index is 12.2. The van der Waals surface area contributed by atoms with Crippen LogP contribution in [0.3, 0.4) is 0 Å². The molecular formula is C13H18N2O2S. The third-order valence-electron chi connectivity index (χ3n) is 3.93. The van der Waals surface area contributed by atoms with E-state index in [0.29, 0.717) is 4.90 Å². The van der Waals surface area contributed by atoms with Gasteiger partial charge in [-0.15, -0.1) is 0 Å². The van der Waals surface area contributed by atoms with Crippen LogP contribution >= 0.6 is 0 Å². The zero-order valence-electron chi connectivity index (χ0n) is 10.7. The fourth-order valence-corrected chi connectivity index (χ4v) is 3.82. The molecule has 1 saturated carbocycles. The molecule has 98 valence electrons. The van der Waals surface area contributed by atoms with Crippen molar-refractivity contribution in [3.05, 3.63) is 29.3 Å². The van der Waals surface area contributed by atoms with Crippen molar-refractivity contribution in [3.8, 4) is 0 Å². The highest BCUT2D eigenvalue weighted by molar-refractivity contribution is 7.89. The first kappa shape index (κ1) is 12.1. The van der Waals surface area contributed by atoms with E-state index in [1.807, 2.05) is 6.07 Å². The van der Waals surface area contributed by atoms with E-state index in [0.717, 1.165) is 25.1 Å². The lowest BCUT2D eigenvalue weighted by Crippen LogP contribution is -2.28. The Balaban J connectivity index is 1.85. The lowest BCUT2D eigenvalue weighted by molar-refractivity contribution is 0.555. The molecule has 0 saturated heterocycles. The van der Waals surface area contributed by atoms with Crippen molar-refractivity contribution >= 4 is 10.0 Å². The van der Waals surface area contributed by atoms with Crippen LogP contribution in [-0.4, -0.2) is 14.5 Å². The Morgan fingerprint density at radius 3 is 2.61 bits per heavy atom. The monoisotopic (exact) mass is 266 g/mol. The zero-order valence-corrected chi connectivity index (χ0v) is 11.5. The summed E-state index contributed by atoms with van der Waals surface area (Å²) in [5.74, 6) is 0. The zero-order chi connectivity index (χ0) is 13.0. The average molecular weight is 266 g/mol. The summed E-state index contributed by atoms with van der Waals surface area (Å²) < 4.78 is 27.3. The van der Waals surface area contributed by atoms with Gasteiger partial charge in [0.1, 0.15) is 0 Å². The van der Waals surface area contributed by atoms with E-state index in [2.05, 4.69) is 23.9 Å². The van der Waals surface area contributed by atoms with Gasteiger partial charge in [0.2, 0.25) is 10.0 Å². The summed E-state index contributed by atoms with van der Waals surface area (Å²) in [5.41, 5.74) is 2.39. The summed E-state index contributed by atoms with van der Waals surface area (Å²) in [6.45, 7) is 5.74. The van der Waals surface area contributed by atoms with E-state index >= 15 is 0 Å². The minimum Gasteiger partial charge on any atom is -0.309 e. The van der Waals surface area contributed by atoms with Gasteiger partial charge in [0.05, 0.1) is 4.90 Å². The first-order valence-electron chi connectivity index (χ1n) is 6.23. The first-order valence-corrected chi connectivity index (χ1v) is 7.72. The predicted octanol–water partition coefficient (Wildman–Crippen LogP) is 1.37. The topological polar surface area (TPSA) is 58.2 Å². The van der Waals surface area contributed by atoms with Crippen LogP contribution < -0.4 is 10.0 Å². The lowest BCUT2D eigenvalue weighted by atomic mass is 10.1. The fourth-order valence-electron chi connectivity index (χ4n) is 2.36. The third kappa shape index (κ3) is 2.06. The van der Waals surface area contributed by atoms with Gasteiger partial charge in [0, 0.05) is 19.1 Å². The molecule has 1 heterocycles. The summed E-state index contributed by atoms with van der Waals surface area (Å²) in [5, 5.41) is 3.22. The Bertz CT molecular complexity index is 593. The van der Waals surface area contributed by atoms with E-state index in [9.17, 15) is 8.42 Å². The largest absolute Gasteiger partial charge is 0.309 e. The molecule has 18 heavy (non-hydrogen) atoms. The molecule has 1 unspecified atom stereocenters. The van der Waals surface area contributed by atoms with Crippen LogP contribution in [0.2, 0.25) is 0 Å². The molecule has 0 bridgehead atoms. The van der Waals surface area contributed by atoms with Crippen LogP contribution in [-0.2, 0) is 23.1 Å². The standard InChI is InChI=1S/C13H18N2O2S/c1-13(2)6-12(13)15-18(16,17)11-4-3-9-7-14-8-10(9)5-11/h3-5,12,14-15H,6-8H2,1-2H3. The van der Waals surface area contributed by atoms with E-state index in [1.54, 1.807) is 12.1 Å². The van der Waals surface area contributed by atoms with Gasteiger partial charge in [-0.2, -0.15) is 0 Å². The molecule has 1 atom stereocenters. The van der Waals surface area contributed by atoms with Gasteiger partial charge >= 0.3 is 0 Å². The van der Waals surface area contributed by atoms with Crippen molar-refractivity contribution in [2.75, 3.05) is 0 Å². The maximum absolute atomic E-state index is 12.2. The van der Waals surface area contributed by atoms with Crippen LogP contribution in [0, 0.1) is 5.41 Å². The molecule has 1 aromatic rings. The van der Waals surface area contributed by atoms with Crippen LogP contribution in [0.1, 0.15) is 31.4 Å². The number of benzene rings is 1. The third-order valence-corrected chi connectivity index (χ3v) is 5.40. The highest BCUT2D eigenvalue weighted by Gasteiger charge is 2.47. The molecule has 1 aromatic carbocycles. The molecule has 2 aliphatic rings. The quantitative estimate of drug-likeness (QED) is 0.868. The predicted molar refractivity (Wildman–Crippen MR) is 69.5 cm³/mol. The van der Waals surface area contributed by atoms with E-state index in [1.165, 1.54) is 5.56 Å². The molecular weight excluding hydrogens is 248 g/mol. The van der Waals surface area contributed by atoms with Crippen LogP contribution in [0.4, 0.5) is 0 Å². The molecule has 2 N–H and O–H groups in total. The van der Waals surface area contributed by atoms with Crippen LogP contribution in [0.15, 0.2) is 23.1 Å². The van der Waals surface area contributed by atoms with E-state index in [4.69, 9.17) is 0 Å². The molecule has 1 aliphatic carbocycles. The highest BCUT2D eigenvalue weighted by Crippen LogP contribution is 2.45. The Morgan fingerprint density at radius 1 is 1.28 bits per heavy atom.